The van der Waals surface area contributed by atoms with Crippen LogP contribution in [0.15, 0.2) is 30.3 Å². The van der Waals surface area contributed by atoms with Gasteiger partial charge in [-0.2, -0.15) is 0 Å². The van der Waals surface area contributed by atoms with E-state index in [1.54, 1.807) is 0 Å². The number of carbonyl (C=O) groups is 1. The van der Waals surface area contributed by atoms with Crippen molar-refractivity contribution in [2.75, 3.05) is 0 Å². The molecule has 0 aromatic heterocycles. The molecular formula is C10H12O2S. The van der Waals surface area contributed by atoms with E-state index in [1.165, 1.54) is 5.56 Å². The molecule has 0 aliphatic heterocycles. The zero-order valence-corrected chi connectivity index (χ0v) is 8.17. The summed E-state index contributed by atoms with van der Waals surface area (Å²) in [4.78, 5) is 10.7. The van der Waals surface area contributed by atoms with Crippen LogP contribution in [0.3, 0.4) is 0 Å². The third-order valence-electron chi connectivity index (χ3n) is 1.79. The van der Waals surface area contributed by atoms with Crippen LogP contribution in [0, 0.1) is 0 Å². The molecule has 1 rings (SSSR count). The molecule has 13 heavy (non-hydrogen) atoms. The van der Waals surface area contributed by atoms with Gasteiger partial charge in [0.15, 0.2) is 0 Å². The van der Waals surface area contributed by atoms with Gasteiger partial charge in [-0.1, -0.05) is 30.3 Å². The Balaban J connectivity index is 2.24. The number of benzene rings is 1. The third kappa shape index (κ3) is 3.99. The van der Waals surface area contributed by atoms with Crippen molar-refractivity contribution < 1.29 is 8.98 Å². The van der Waals surface area contributed by atoms with Crippen molar-refractivity contribution in [2.24, 2.45) is 0 Å². The molecule has 0 aliphatic carbocycles. The van der Waals surface area contributed by atoms with E-state index in [0.717, 1.165) is 12.8 Å². The molecule has 0 heterocycles. The van der Waals surface area contributed by atoms with Crippen molar-refractivity contribution in [3.8, 4) is 0 Å². The first-order valence-electron chi connectivity index (χ1n) is 4.21. The van der Waals surface area contributed by atoms with Gasteiger partial charge in [-0.05, 0) is 18.4 Å². The van der Waals surface area contributed by atoms with E-state index in [4.69, 9.17) is 0 Å². The van der Waals surface area contributed by atoms with Gasteiger partial charge in [0.1, 0.15) is 0 Å². The van der Waals surface area contributed by atoms with E-state index < -0.39 is 0 Å². The Bertz CT molecular complexity index is 259. The first kappa shape index (κ1) is 10.1. The highest BCUT2D eigenvalue weighted by atomic mass is 32.1. The van der Waals surface area contributed by atoms with Crippen LogP contribution in [-0.4, -0.2) is 5.97 Å². The monoisotopic (exact) mass is 196 g/mol. The molecule has 0 spiro atoms. The normalized spacial score (nSPS) is 9.62. The summed E-state index contributed by atoms with van der Waals surface area (Å²) >= 11 is 3.43. The van der Waals surface area contributed by atoms with Crippen molar-refractivity contribution in [2.45, 2.75) is 19.3 Å². The molecule has 0 aliphatic rings. The molecule has 0 saturated heterocycles. The Hall–Kier alpha value is -0.960. The average Bonchev–Trinajstić information content (AvgIpc) is 2.19. The van der Waals surface area contributed by atoms with Gasteiger partial charge in [0.25, 0.3) is 0 Å². The molecule has 0 amide bonds. The molecule has 1 aromatic rings. The quantitative estimate of drug-likeness (QED) is 0.591. The van der Waals surface area contributed by atoms with Gasteiger partial charge in [0, 0.05) is 19.3 Å². The minimum Gasteiger partial charge on any atom is -0.395 e. The molecule has 0 bridgehead atoms. The van der Waals surface area contributed by atoms with Crippen LogP contribution in [-0.2, 0) is 15.4 Å². The van der Waals surface area contributed by atoms with Crippen molar-refractivity contribution >= 4 is 18.9 Å². The topological polar surface area (TPSA) is 26.3 Å². The van der Waals surface area contributed by atoms with Gasteiger partial charge in [-0.3, -0.25) is 4.79 Å². The van der Waals surface area contributed by atoms with Gasteiger partial charge in [0.05, 0.1) is 0 Å². The summed E-state index contributed by atoms with van der Waals surface area (Å²) in [7, 11) is 0. The zero-order chi connectivity index (χ0) is 9.52. The number of hydrogen-bond donors (Lipinski definition) is 1. The van der Waals surface area contributed by atoms with Crippen LogP contribution in [0.1, 0.15) is 18.4 Å². The van der Waals surface area contributed by atoms with Gasteiger partial charge in [-0.15, -0.1) is 0 Å². The van der Waals surface area contributed by atoms with Crippen LogP contribution in [0.25, 0.3) is 0 Å². The van der Waals surface area contributed by atoms with E-state index >= 15 is 0 Å². The van der Waals surface area contributed by atoms with E-state index in [1.807, 2.05) is 30.3 Å². The minimum absolute atomic E-state index is 0.265. The largest absolute Gasteiger partial charge is 0.395 e. The molecule has 2 nitrogen and oxygen atoms in total. The Morgan fingerprint density at radius 3 is 2.62 bits per heavy atom. The lowest BCUT2D eigenvalue weighted by Gasteiger charge is -1.99. The van der Waals surface area contributed by atoms with E-state index in [-0.39, 0.29) is 5.97 Å². The summed E-state index contributed by atoms with van der Waals surface area (Å²) in [6, 6.07) is 10.1. The van der Waals surface area contributed by atoms with Crippen LogP contribution >= 0.6 is 12.9 Å². The summed E-state index contributed by atoms with van der Waals surface area (Å²) in [5, 5.41) is 0. The van der Waals surface area contributed by atoms with Crippen molar-refractivity contribution in [3.05, 3.63) is 35.9 Å². The van der Waals surface area contributed by atoms with Crippen molar-refractivity contribution in [3.63, 3.8) is 0 Å². The molecule has 0 N–H and O–H groups in total. The molecule has 0 atom stereocenters. The maximum absolute atomic E-state index is 10.7. The molecular weight excluding hydrogens is 184 g/mol. The molecule has 0 fully saturated rings. The van der Waals surface area contributed by atoms with Crippen LogP contribution in [0.5, 0.6) is 0 Å². The lowest BCUT2D eigenvalue weighted by Crippen LogP contribution is -1.97. The first-order valence-corrected chi connectivity index (χ1v) is 4.57. The van der Waals surface area contributed by atoms with Gasteiger partial charge in [-0.25, -0.2) is 0 Å². The predicted molar refractivity (Wildman–Crippen MR) is 54.5 cm³/mol. The summed E-state index contributed by atoms with van der Waals surface area (Å²) in [5.74, 6) is -0.265. The number of hydrogen-bond acceptors (Lipinski definition) is 3. The Kier molecular flexibility index (Phi) is 4.40. The van der Waals surface area contributed by atoms with E-state index in [0.29, 0.717) is 6.42 Å². The fraction of sp³-hybridized carbons (Fsp3) is 0.300. The summed E-state index contributed by atoms with van der Waals surface area (Å²) in [6.45, 7) is 0. The van der Waals surface area contributed by atoms with Gasteiger partial charge < -0.3 is 4.18 Å². The first-order chi connectivity index (χ1) is 6.33. The Morgan fingerprint density at radius 1 is 1.31 bits per heavy atom. The number of aryl methyl sites for hydroxylation is 1. The fourth-order valence-electron chi connectivity index (χ4n) is 1.13. The van der Waals surface area contributed by atoms with Crippen LogP contribution < -0.4 is 0 Å². The lowest BCUT2D eigenvalue weighted by atomic mass is 10.1. The highest BCUT2D eigenvalue weighted by molar-refractivity contribution is 7.75. The molecule has 0 unspecified atom stereocenters. The summed E-state index contributed by atoms with van der Waals surface area (Å²) < 4.78 is 4.24. The second kappa shape index (κ2) is 5.65. The molecule has 0 radical (unpaired) electrons. The van der Waals surface area contributed by atoms with Gasteiger partial charge >= 0.3 is 5.97 Å². The maximum Gasteiger partial charge on any atom is 0.317 e. The highest BCUT2D eigenvalue weighted by Crippen LogP contribution is 2.05. The predicted octanol–water partition coefficient (Wildman–Crippen LogP) is 2.40. The van der Waals surface area contributed by atoms with Crippen LogP contribution in [0.2, 0.25) is 0 Å². The number of carbonyl (C=O) groups excluding carboxylic acids is 1. The van der Waals surface area contributed by atoms with E-state index in [2.05, 4.69) is 17.1 Å². The van der Waals surface area contributed by atoms with Crippen LogP contribution in [0.4, 0.5) is 0 Å². The SMILES string of the molecule is O=C(CCCc1ccccc1)OS. The minimum atomic E-state index is -0.265. The second-order valence-electron chi connectivity index (χ2n) is 2.80. The smallest absolute Gasteiger partial charge is 0.317 e. The molecule has 70 valence electrons. The number of rotatable bonds is 4. The standard InChI is InChI=1S/C10H12O2S/c11-10(12-13)8-4-7-9-5-2-1-3-6-9/h1-3,5-6,13H,4,7-8H2. The van der Waals surface area contributed by atoms with Crippen molar-refractivity contribution in [1.82, 2.24) is 0 Å². The molecule has 0 saturated carbocycles. The second-order valence-corrected chi connectivity index (χ2v) is 2.99. The lowest BCUT2D eigenvalue weighted by molar-refractivity contribution is -0.132. The third-order valence-corrected chi connectivity index (χ3v) is 1.99. The Morgan fingerprint density at radius 2 is 2.00 bits per heavy atom. The average molecular weight is 196 g/mol. The fourth-order valence-corrected chi connectivity index (χ4v) is 1.22. The Labute approximate surface area is 83.5 Å². The molecule has 1 aromatic carbocycles. The highest BCUT2D eigenvalue weighted by Gasteiger charge is 2.00. The maximum atomic E-state index is 10.7. The zero-order valence-electron chi connectivity index (χ0n) is 7.27. The number of thiol groups is 1. The summed E-state index contributed by atoms with van der Waals surface area (Å²) in [5.41, 5.74) is 1.24. The van der Waals surface area contributed by atoms with Crippen molar-refractivity contribution in [1.29, 1.82) is 0 Å². The van der Waals surface area contributed by atoms with E-state index in [9.17, 15) is 4.79 Å². The van der Waals surface area contributed by atoms with Gasteiger partial charge in [0.2, 0.25) is 0 Å². The molecule has 3 heteroatoms. The summed E-state index contributed by atoms with van der Waals surface area (Å²) in [6.07, 6.45) is 2.14.